The maximum atomic E-state index is 11.3. The molecule has 0 radical (unpaired) electrons. The second-order valence-corrected chi connectivity index (χ2v) is 6.03. The van der Waals surface area contributed by atoms with Gasteiger partial charge in [0.05, 0.1) is 17.6 Å². The van der Waals surface area contributed by atoms with Crippen LogP contribution in [0.15, 0.2) is 24.3 Å². The highest BCUT2D eigenvalue weighted by Crippen LogP contribution is 2.26. The van der Waals surface area contributed by atoms with Crippen LogP contribution in [0.2, 0.25) is 0 Å². The molecular formula is C12H20N4O2S. The number of hydrogen-bond donors (Lipinski definition) is 3. The van der Waals surface area contributed by atoms with Crippen LogP contribution >= 0.6 is 0 Å². The van der Waals surface area contributed by atoms with Crippen LogP contribution in [0.3, 0.4) is 0 Å². The molecule has 1 aromatic rings. The van der Waals surface area contributed by atoms with Crippen molar-refractivity contribution in [2.24, 2.45) is 5.73 Å². The number of unbranched alkanes of at least 4 members (excludes halogenated alkanes) is 1. The minimum Gasteiger partial charge on any atom is -0.370 e. The van der Waals surface area contributed by atoms with Gasteiger partial charge in [0.25, 0.3) is 0 Å². The molecule has 0 bridgehead atoms. The number of anilines is 2. The number of nitrogens with two attached hydrogens (primary N) is 1. The van der Waals surface area contributed by atoms with E-state index in [0.29, 0.717) is 17.9 Å². The van der Waals surface area contributed by atoms with Crippen molar-refractivity contribution >= 4 is 27.4 Å². The smallest absolute Gasteiger partial charge is 0.229 e. The summed E-state index contributed by atoms with van der Waals surface area (Å²) in [4.78, 5) is 1.59. The molecular weight excluding hydrogens is 264 g/mol. The van der Waals surface area contributed by atoms with E-state index >= 15 is 0 Å². The molecule has 1 rings (SSSR count). The predicted molar refractivity (Wildman–Crippen MR) is 79.1 cm³/mol. The van der Waals surface area contributed by atoms with Crippen LogP contribution in [0.25, 0.3) is 0 Å². The second-order valence-electron chi connectivity index (χ2n) is 4.28. The molecule has 1 aromatic carbocycles. The molecule has 0 aliphatic heterocycles. The fraction of sp³-hybridized carbons (Fsp3) is 0.417. The standard InChI is InChI=1S/C12H20N4O2S/c1-3-4-9-16(12(13)14)11-8-6-5-7-10(11)15-19(2,17)18/h5-8,15H,3-4,9H2,1-2H3,(H3,13,14). The van der Waals surface area contributed by atoms with Gasteiger partial charge in [-0.15, -0.1) is 0 Å². The molecule has 4 N–H and O–H groups in total. The lowest BCUT2D eigenvalue weighted by Crippen LogP contribution is -2.37. The van der Waals surface area contributed by atoms with Crippen LogP contribution < -0.4 is 15.4 Å². The van der Waals surface area contributed by atoms with Crippen molar-refractivity contribution in [3.8, 4) is 0 Å². The Morgan fingerprint density at radius 1 is 1.42 bits per heavy atom. The van der Waals surface area contributed by atoms with E-state index in [0.717, 1.165) is 19.1 Å². The Morgan fingerprint density at radius 2 is 2.05 bits per heavy atom. The van der Waals surface area contributed by atoms with Gasteiger partial charge in [0.1, 0.15) is 0 Å². The highest BCUT2D eigenvalue weighted by molar-refractivity contribution is 7.92. The number of rotatable bonds is 6. The molecule has 7 heteroatoms. The third-order valence-electron chi connectivity index (χ3n) is 2.52. The summed E-state index contributed by atoms with van der Waals surface area (Å²) < 4.78 is 25.1. The Hall–Kier alpha value is -1.76. The summed E-state index contributed by atoms with van der Waals surface area (Å²) in [7, 11) is -3.37. The van der Waals surface area contributed by atoms with Crippen molar-refractivity contribution < 1.29 is 8.42 Å². The Balaban J connectivity index is 3.12. The highest BCUT2D eigenvalue weighted by atomic mass is 32.2. The lowest BCUT2D eigenvalue weighted by molar-refractivity contribution is 0.607. The molecule has 0 amide bonds. The molecule has 0 aliphatic rings. The number of nitrogens with one attached hydrogen (secondary N) is 2. The Labute approximate surface area is 114 Å². The van der Waals surface area contributed by atoms with Gasteiger partial charge in [-0.3, -0.25) is 10.1 Å². The number of hydrogen-bond acceptors (Lipinski definition) is 3. The number of benzene rings is 1. The number of para-hydroxylation sites is 2. The molecule has 0 saturated heterocycles. The van der Waals surface area contributed by atoms with E-state index in [1.807, 2.05) is 6.92 Å². The molecule has 0 spiro atoms. The van der Waals surface area contributed by atoms with Crippen LogP contribution in [0.1, 0.15) is 19.8 Å². The third-order valence-corrected chi connectivity index (χ3v) is 3.11. The van der Waals surface area contributed by atoms with Gasteiger partial charge in [0.15, 0.2) is 5.96 Å². The lowest BCUT2D eigenvalue weighted by Gasteiger charge is -2.25. The SMILES string of the molecule is CCCCN(C(=N)N)c1ccccc1NS(C)(=O)=O. The molecule has 0 heterocycles. The summed E-state index contributed by atoms with van der Waals surface area (Å²) in [5.74, 6) is -0.101. The van der Waals surface area contributed by atoms with E-state index in [9.17, 15) is 8.42 Å². The van der Waals surface area contributed by atoms with Gasteiger partial charge < -0.3 is 10.6 Å². The summed E-state index contributed by atoms with van der Waals surface area (Å²) in [6.07, 6.45) is 2.92. The number of nitrogens with zero attached hydrogens (tertiary/aromatic N) is 1. The van der Waals surface area contributed by atoms with Gasteiger partial charge in [-0.2, -0.15) is 0 Å². The molecule has 106 valence electrons. The summed E-state index contributed by atoms with van der Waals surface area (Å²) in [5.41, 5.74) is 6.59. The largest absolute Gasteiger partial charge is 0.370 e. The number of guanidine groups is 1. The molecule has 6 nitrogen and oxygen atoms in total. The first-order valence-electron chi connectivity index (χ1n) is 6.03. The van der Waals surface area contributed by atoms with Gasteiger partial charge in [-0.1, -0.05) is 25.5 Å². The van der Waals surface area contributed by atoms with Crippen LogP contribution in [0.5, 0.6) is 0 Å². The zero-order valence-electron chi connectivity index (χ0n) is 11.2. The average molecular weight is 284 g/mol. The maximum Gasteiger partial charge on any atom is 0.229 e. The van der Waals surface area contributed by atoms with Crippen molar-refractivity contribution in [2.45, 2.75) is 19.8 Å². The molecule has 0 aliphatic carbocycles. The van der Waals surface area contributed by atoms with Crippen molar-refractivity contribution in [1.29, 1.82) is 5.41 Å². The molecule has 0 unspecified atom stereocenters. The molecule has 0 fully saturated rings. The minimum absolute atomic E-state index is 0.101. The number of sulfonamides is 1. The fourth-order valence-electron chi connectivity index (χ4n) is 1.68. The summed E-state index contributed by atoms with van der Waals surface area (Å²) in [6, 6.07) is 6.91. The fourth-order valence-corrected chi connectivity index (χ4v) is 2.25. The van der Waals surface area contributed by atoms with Gasteiger partial charge in [0.2, 0.25) is 10.0 Å². The Morgan fingerprint density at radius 3 is 2.58 bits per heavy atom. The quantitative estimate of drug-likeness (QED) is 0.545. The van der Waals surface area contributed by atoms with E-state index in [2.05, 4.69) is 4.72 Å². The molecule has 0 saturated carbocycles. The lowest BCUT2D eigenvalue weighted by atomic mass is 10.2. The summed E-state index contributed by atoms with van der Waals surface area (Å²) in [6.45, 7) is 2.62. The van der Waals surface area contributed by atoms with Crippen LogP contribution in [0.4, 0.5) is 11.4 Å². The normalized spacial score (nSPS) is 11.1. The first-order valence-corrected chi connectivity index (χ1v) is 7.92. The zero-order valence-corrected chi connectivity index (χ0v) is 12.0. The monoisotopic (exact) mass is 284 g/mol. The Kier molecular flexibility index (Phi) is 5.17. The average Bonchev–Trinajstić information content (AvgIpc) is 2.29. The Bertz CT molecular complexity index is 542. The maximum absolute atomic E-state index is 11.3. The topological polar surface area (TPSA) is 99.3 Å². The summed E-state index contributed by atoms with van der Waals surface area (Å²) in [5, 5.41) is 7.62. The zero-order chi connectivity index (χ0) is 14.5. The summed E-state index contributed by atoms with van der Waals surface area (Å²) >= 11 is 0. The van der Waals surface area contributed by atoms with E-state index in [-0.39, 0.29) is 5.96 Å². The van der Waals surface area contributed by atoms with Gasteiger partial charge in [0, 0.05) is 6.54 Å². The van der Waals surface area contributed by atoms with Gasteiger partial charge in [-0.25, -0.2) is 8.42 Å². The van der Waals surface area contributed by atoms with Crippen molar-refractivity contribution in [2.75, 3.05) is 22.4 Å². The van der Waals surface area contributed by atoms with E-state index < -0.39 is 10.0 Å². The molecule has 0 atom stereocenters. The predicted octanol–water partition coefficient (Wildman–Crippen LogP) is 1.56. The van der Waals surface area contributed by atoms with Crippen molar-refractivity contribution in [3.05, 3.63) is 24.3 Å². The highest BCUT2D eigenvalue weighted by Gasteiger charge is 2.15. The van der Waals surface area contributed by atoms with Gasteiger partial charge >= 0.3 is 0 Å². The van der Waals surface area contributed by atoms with Crippen molar-refractivity contribution in [1.82, 2.24) is 0 Å². The van der Waals surface area contributed by atoms with E-state index in [1.165, 1.54) is 0 Å². The molecule has 19 heavy (non-hydrogen) atoms. The third kappa shape index (κ3) is 4.78. The van der Waals surface area contributed by atoms with E-state index in [4.69, 9.17) is 11.1 Å². The van der Waals surface area contributed by atoms with E-state index in [1.54, 1.807) is 29.2 Å². The van der Waals surface area contributed by atoms with Crippen molar-refractivity contribution in [3.63, 3.8) is 0 Å². The second kappa shape index (κ2) is 6.42. The first kappa shape index (κ1) is 15.3. The van der Waals surface area contributed by atoms with Gasteiger partial charge in [-0.05, 0) is 18.6 Å². The van der Waals surface area contributed by atoms with Crippen LogP contribution in [-0.2, 0) is 10.0 Å². The van der Waals surface area contributed by atoms with Crippen LogP contribution in [-0.4, -0.2) is 27.2 Å². The first-order chi connectivity index (χ1) is 8.85. The minimum atomic E-state index is -3.37. The van der Waals surface area contributed by atoms with Crippen LogP contribution in [0, 0.1) is 5.41 Å². The molecule has 0 aromatic heterocycles.